The van der Waals surface area contributed by atoms with Gasteiger partial charge >= 0.3 is 0 Å². The van der Waals surface area contributed by atoms with Gasteiger partial charge in [0.15, 0.2) is 5.96 Å². The van der Waals surface area contributed by atoms with Gasteiger partial charge in [0.05, 0.1) is 12.2 Å². The zero-order chi connectivity index (χ0) is 55.8. The van der Waals surface area contributed by atoms with E-state index in [1.165, 1.54) is 37.3 Å². The summed E-state index contributed by atoms with van der Waals surface area (Å²) in [6.07, 6.45) is -2.05. The normalized spacial score (nSPS) is 23.3. The zero-order valence-electron chi connectivity index (χ0n) is 42.8. The lowest BCUT2D eigenvalue weighted by Gasteiger charge is -2.30. The third-order valence-corrected chi connectivity index (χ3v) is 11.8. The molecule has 0 aliphatic carbocycles. The van der Waals surface area contributed by atoms with Gasteiger partial charge in [-0.2, -0.15) is 0 Å². The van der Waals surface area contributed by atoms with Gasteiger partial charge in [0.1, 0.15) is 59.6 Å². The second-order valence-electron chi connectivity index (χ2n) is 18.2. The number of carbonyl (C=O) groups excluding carboxylic acids is 8. The molecule has 1 saturated heterocycles. The number of aryl methyl sites for hydroxylation is 1. The highest BCUT2D eigenvalue weighted by molar-refractivity contribution is 6.03. The summed E-state index contributed by atoms with van der Waals surface area (Å²) in [4.78, 5) is 116. The van der Waals surface area contributed by atoms with Gasteiger partial charge in [0, 0.05) is 31.7 Å². The molecule has 2 aromatic rings. The number of aliphatic hydroxyl groups excluding tert-OH is 3. The Kier molecular flexibility index (Phi) is 26.1. The smallest absolute Gasteiger partial charge is 0.268 e. The molecule has 8 amide bonds. The molecule has 0 bridgehead atoms. The fraction of sp³-hybridized carbons (Fsp3) is 0.531. The fourth-order valence-electron chi connectivity index (χ4n) is 7.58. The number of benzene rings is 2. The van der Waals surface area contributed by atoms with Crippen molar-refractivity contribution >= 4 is 53.2 Å². The van der Waals surface area contributed by atoms with Crippen molar-refractivity contribution in [3.8, 4) is 11.5 Å². The number of ether oxygens (including phenoxy) is 1. The molecule has 1 aliphatic heterocycles. The predicted octanol–water partition coefficient (Wildman–Crippen LogP) is -4.06. The van der Waals surface area contributed by atoms with E-state index in [1.54, 1.807) is 13.8 Å². The van der Waals surface area contributed by atoms with Gasteiger partial charge in [0.2, 0.25) is 35.4 Å². The van der Waals surface area contributed by atoms with Gasteiger partial charge in [0.25, 0.3) is 11.8 Å². The van der Waals surface area contributed by atoms with Crippen LogP contribution in [0.25, 0.3) is 0 Å². The van der Waals surface area contributed by atoms with E-state index < -0.39 is 127 Å². The quantitative estimate of drug-likeness (QED) is 0.0275. The fourth-order valence-corrected chi connectivity index (χ4v) is 7.58. The van der Waals surface area contributed by atoms with Crippen molar-refractivity contribution < 1.29 is 58.4 Å². The highest BCUT2D eigenvalue weighted by atomic mass is 16.5. The van der Waals surface area contributed by atoms with Crippen LogP contribution in [0.15, 0.2) is 65.3 Å². The molecule has 0 spiro atoms. The molecule has 3 rings (SSSR count). The van der Waals surface area contributed by atoms with E-state index in [-0.39, 0.29) is 56.2 Å². The van der Waals surface area contributed by atoms with Gasteiger partial charge in [-0.3, -0.25) is 43.3 Å². The number of guanidine groups is 1. The highest BCUT2D eigenvalue weighted by Gasteiger charge is 2.38. The summed E-state index contributed by atoms with van der Waals surface area (Å²) in [6, 6.07) is 3.25. The first kappa shape index (κ1) is 62.1. The minimum Gasteiger partial charge on any atom is -0.457 e. The molecule has 75 heavy (non-hydrogen) atoms. The van der Waals surface area contributed by atoms with Crippen molar-refractivity contribution in [1.82, 2.24) is 42.5 Å². The second-order valence-corrected chi connectivity index (χ2v) is 18.2. The number of rotatable bonds is 19. The maximum atomic E-state index is 14.2. The first-order valence-electron chi connectivity index (χ1n) is 24.8. The Hall–Kier alpha value is -7.23. The molecule has 414 valence electrons. The minimum atomic E-state index is -2.01. The molecule has 1 heterocycles. The third-order valence-electron chi connectivity index (χ3n) is 11.8. The van der Waals surface area contributed by atoms with E-state index in [4.69, 9.17) is 33.4 Å². The standard InChI is InChI=1S/C49H76N14O12/c1-5-7-11-27-12-8-9-14-37(27)75-29-17-15-28(16-18-29)41(67)61-40-36(66)25-56-46(72)38(34(64)23-51)63-48(74)39(35(65)24-52)62-44(70)31(13-10-21-55-49(53)54)58-45(71)33(22-26(3)4)60-43(69)32(19-20-50)59-42(68)30(6-2)57-47(40)73/h6,8-9,12,14-18,26,31-36,38-40,64-66H,5,7,10-11,13,19-25,50-52H2,1-4H3,(H,56,72)(H,57,73)(H,58,71)(H,59,68)(H,60,69)(H,61,67)(H,62,70)(H,63,74)(H4,53,54,55)/b30-6-/t31-,32-,33-,34?,35?,36?,38?,39?,40?/m0/s1. The maximum Gasteiger partial charge on any atom is 0.268 e. The molecule has 6 unspecified atom stereocenters. The SMILES string of the molecule is C/C=C1\NC(=O)C(NC(=O)c2ccc(Oc3ccccc3CCCC)cc2)C(O)CNC(=O)C(C(O)CN)NC(=O)C(C(O)CN)NC(=O)[C@H](CCCN=C(N)N)NC(=O)[C@H](CC(C)C)NC(=O)[C@H](CCN)NC1=O. The summed E-state index contributed by atoms with van der Waals surface area (Å²) in [5.41, 5.74) is 28.7. The number of β-amino-alcohol motifs (C(OH)–C–C–N with tert-alkyl or cyclic N) is 1. The Morgan fingerprint density at radius 3 is 1.96 bits per heavy atom. The summed E-state index contributed by atoms with van der Waals surface area (Å²) in [5, 5.41) is 52.7. The number of aliphatic imine (C=N–C) groups is 1. The molecule has 9 atom stereocenters. The molecule has 26 nitrogen and oxygen atoms in total. The van der Waals surface area contributed by atoms with Gasteiger partial charge in [-0.15, -0.1) is 0 Å². The van der Waals surface area contributed by atoms with E-state index in [2.05, 4.69) is 54.5 Å². The van der Waals surface area contributed by atoms with Crippen LogP contribution in [0.3, 0.4) is 0 Å². The van der Waals surface area contributed by atoms with E-state index >= 15 is 0 Å². The van der Waals surface area contributed by atoms with Crippen molar-refractivity contribution in [2.24, 2.45) is 39.6 Å². The number of para-hydroxylation sites is 1. The van der Waals surface area contributed by atoms with Crippen molar-refractivity contribution in [2.75, 3.05) is 32.7 Å². The summed E-state index contributed by atoms with van der Waals surface area (Å²) in [5.74, 6) is -7.84. The first-order valence-corrected chi connectivity index (χ1v) is 24.8. The average molecular weight is 1050 g/mol. The van der Waals surface area contributed by atoms with Crippen LogP contribution in [0.1, 0.15) is 82.1 Å². The Morgan fingerprint density at radius 1 is 0.773 bits per heavy atom. The summed E-state index contributed by atoms with van der Waals surface area (Å²) < 4.78 is 6.11. The first-order chi connectivity index (χ1) is 35.7. The number of allylic oxidation sites excluding steroid dienone is 1. The Bertz CT molecular complexity index is 2310. The van der Waals surface area contributed by atoms with Crippen LogP contribution in [0.5, 0.6) is 11.5 Å². The summed E-state index contributed by atoms with van der Waals surface area (Å²) in [6.45, 7) is 4.69. The molecule has 0 radical (unpaired) electrons. The third kappa shape index (κ3) is 19.9. The number of amides is 8. The lowest BCUT2D eigenvalue weighted by Crippen LogP contribution is -2.64. The number of unbranched alkanes of at least 4 members (excludes halogenated alkanes) is 1. The topological polar surface area (TPSA) is 445 Å². The summed E-state index contributed by atoms with van der Waals surface area (Å²) in [7, 11) is 0. The number of aliphatic hydroxyl groups is 3. The number of nitrogens with zero attached hydrogens (tertiary/aromatic N) is 1. The van der Waals surface area contributed by atoms with E-state index in [0.717, 1.165) is 24.8 Å². The molecule has 1 aliphatic rings. The highest BCUT2D eigenvalue weighted by Crippen LogP contribution is 2.27. The number of hydrogen-bond acceptors (Lipinski definition) is 16. The molecule has 0 aromatic heterocycles. The van der Waals surface area contributed by atoms with Crippen LogP contribution in [0.4, 0.5) is 0 Å². The van der Waals surface area contributed by atoms with Crippen molar-refractivity contribution in [3.05, 3.63) is 71.4 Å². The largest absolute Gasteiger partial charge is 0.457 e. The van der Waals surface area contributed by atoms with E-state index in [9.17, 15) is 53.7 Å². The van der Waals surface area contributed by atoms with Crippen LogP contribution in [-0.4, -0.2) is 156 Å². The molecule has 0 saturated carbocycles. The molecule has 2 aromatic carbocycles. The number of nitrogens with one attached hydrogen (secondary N) is 8. The Labute approximate surface area is 435 Å². The number of nitrogens with two attached hydrogens (primary N) is 5. The lowest BCUT2D eigenvalue weighted by molar-refractivity contribution is -0.137. The molecular formula is C49H76N14O12. The van der Waals surface area contributed by atoms with Gasteiger partial charge in [-0.25, -0.2) is 0 Å². The summed E-state index contributed by atoms with van der Waals surface area (Å²) >= 11 is 0. The molecular weight excluding hydrogens is 977 g/mol. The monoisotopic (exact) mass is 1050 g/mol. The van der Waals surface area contributed by atoms with Gasteiger partial charge in [-0.05, 0) is 93.8 Å². The minimum absolute atomic E-state index is 0.00359. The van der Waals surface area contributed by atoms with Gasteiger partial charge < -0.3 is 91.3 Å². The van der Waals surface area contributed by atoms with Crippen LogP contribution in [-0.2, 0) is 40.0 Å². The van der Waals surface area contributed by atoms with Crippen molar-refractivity contribution in [3.63, 3.8) is 0 Å². The van der Waals surface area contributed by atoms with E-state index in [0.29, 0.717) is 11.5 Å². The van der Waals surface area contributed by atoms with Crippen LogP contribution in [0.2, 0.25) is 0 Å². The lowest BCUT2D eigenvalue weighted by atomic mass is 10.0. The Morgan fingerprint density at radius 2 is 1.36 bits per heavy atom. The average Bonchev–Trinajstić information content (AvgIpc) is 3.38. The number of carbonyl (C=O) groups is 8. The molecule has 21 N–H and O–H groups in total. The van der Waals surface area contributed by atoms with Gasteiger partial charge in [-0.1, -0.05) is 51.5 Å². The number of hydrogen-bond donors (Lipinski definition) is 16. The Balaban J connectivity index is 2.11. The van der Waals surface area contributed by atoms with Crippen LogP contribution < -0.4 is 75.9 Å². The maximum absolute atomic E-state index is 14.2. The van der Waals surface area contributed by atoms with E-state index in [1.807, 2.05) is 24.3 Å². The molecule has 1 fully saturated rings. The second kappa shape index (κ2) is 31.5. The predicted molar refractivity (Wildman–Crippen MR) is 277 cm³/mol. The van der Waals surface area contributed by atoms with Crippen molar-refractivity contribution in [1.29, 1.82) is 0 Å². The molecule has 26 heteroatoms. The van der Waals surface area contributed by atoms with Crippen LogP contribution in [0, 0.1) is 5.92 Å². The zero-order valence-corrected chi connectivity index (χ0v) is 42.8. The van der Waals surface area contributed by atoms with Crippen LogP contribution >= 0.6 is 0 Å². The van der Waals surface area contributed by atoms with Crippen molar-refractivity contribution in [2.45, 2.75) is 127 Å².